The van der Waals surface area contributed by atoms with Gasteiger partial charge in [0.25, 0.3) is 0 Å². The first-order chi connectivity index (χ1) is 11.5. The number of benzene rings is 1. The van der Waals surface area contributed by atoms with Gasteiger partial charge in [-0.15, -0.1) is 0 Å². The minimum Gasteiger partial charge on any atom is -0.378 e. The summed E-state index contributed by atoms with van der Waals surface area (Å²) >= 11 is 0. The van der Waals surface area contributed by atoms with E-state index >= 15 is 0 Å². The third-order valence-electron chi connectivity index (χ3n) is 4.44. The number of aryl methyl sites for hydroxylation is 4. The van der Waals surface area contributed by atoms with Crippen molar-refractivity contribution in [2.45, 2.75) is 33.7 Å². The Morgan fingerprint density at radius 3 is 2.62 bits per heavy atom. The highest BCUT2D eigenvalue weighted by Crippen LogP contribution is 2.22. The van der Waals surface area contributed by atoms with Crippen LogP contribution in [0.5, 0.6) is 0 Å². The van der Waals surface area contributed by atoms with Gasteiger partial charge in [0.1, 0.15) is 0 Å². The molecule has 1 saturated heterocycles. The first-order valence-corrected chi connectivity index (χ1v) is 8.41. The van der Waals surface area contributed by atoms with E-state index in [1.165, 1.54) is 22.3 Å². The second-order valence-corrected chi connectivity index (χ2v) is 6.47. The fourth-order valence-electron chi connectivity index (χ4n) is 3.30. The van der Waals surface area contributed by atoms with Crippen LogP contribution < -0.4 is 0 Å². The zero-order valence-electron chi connectivity index (χ0n) is 14.9. The molecule has 1 atom stereocenters. The average Bonchev–Trinajstić information content (AvgIpc) is 2.96. The van der Waals surface area contributed by atoms with E-state index in [0.717, 1.165) is 19.7 Å². The second kappa shape index (κ2) is 7.28. The van der Waals surface area contributed by atoms with Crippen LogP contribution in [0.1, 0.15) is 40.0 Å². The topological polar surface area (TPSA) is 51.4 Å². The van der Waals surface area contributed by atoms with Crippen LogP contribution in [0.15, 0.2) is 22.7 Å². The van der Waals surface area contributed by atoms with Crippen molar-refractivity contribution in [2.24, 2.45) is 0 Å². The van der Waals surface area contributed by atoms with Gasteiger partial charge in [-0.1, -0.05) is 35.0 Å². The molecular formula is C19H25N3O2. The Balaban J connectivity index is 1.72. The molecule has 1 unspecified atom stereocenters. The number of rotatable bonds is 4. The van der Waals surface area contributed by atoms with Crippen LogP contribution in [0.3, 0.4) is 0 Å². The first kappa shape index (κ1) is 16.9. The predicted molar refractivity (Wildman–Crippen MR) is 93.9 cm³/mol. The van der Waals surface area contributed by atoms with Crippen LogP contribution >= 0.6 is 0 Å². The summed E-state index contributed by atoms with van der Waals surface area (Å²) in [7, 11) is 0. The Hall–Kier alpha value is -1.98. The summed E-state index contributed by atoms with van der Waals surface area (Å²) in [6.45, 7) is 11.3. The van der Waals surface area contributed by atoms with E-state index in [1.54, 1.807) is 0 Å². The summed E-state index contributed by atoms with van der Waals surface area (Å²) in [6, 6.07) is 4.51. The van der Waals surface area contributed by atoms with Crippen LogP contribution in [0.25, 0.3) is 6.08 Å². The molecule has 0 spiro atoms. The van der Waals surface area contributed by atoms with Crippen LogP contribution in [0.4, 0.5) is 0 Å². The molecule has 0 bridgehead atoms. The summed E-state index contributed by atoms with van der Waals surface area (Å²) in [4.78, 5) is 6.70. The van der Waals surface area contributed by atoms with E-state index < -0.39 is 0 Å². The largest absolute Gasteiger partial charge is 0.378 e. The van der Waals surface area contributed by atoms with Crippen molar-refractivity contribution < 1.29 is 9.26 Å². The maximum Gasteiger partial charge on any atom is 0.223 e. The Bertz CT molecular complexity index is 713. The molecule has 2 heterocycles. The van der Waals surface area contributed by atoms with Crippen LogP contribution in [-0.4, -0.2) is 41.3 Å². The van der Waals surface area contributed by atoms with Gasteiger partial charge in [-0.3, -0.25) is 4.90 Å². The summed E-state index contributed by atoms with van der Waals surface area (Å²) in [5.74, 6) is 1.31. The number of ether oxygens (including phenoxy) is 1. The van der Waals surface area contributed by atoms with Crippen molar-refractivity contribution in [3.05, 3.63) is 52.2 Å². The molecule has 0 saturated carbocycles. The lowest BCUT2D eigenvalue weighted by atomic mass is 9.99. The Labute approximate surface area is 143 Å². The van der Waals surface area contributed by atoms with Crippen LogP contribution in [0.2, 0.25) is 0 Å². The van der Waals surface area contributed by atoms with Crippen molar-refractivity contribution in [3.63, 3.8) is 0 Å². The van der Waals surface area contributed by atoms with Crippen LogP contribution in [-0.2, 0) is 4.74 Å². The van der Waals surface area contributed by atoms with Gasteiger partial charge in [0, 0.05) is 20.0 Å². The van der Waals surface area contributed by atoms with Gasteiger partial charge in [0.15, 0.2) is 5.82 Å². The summed E-state index contributed by atoms with van der Waals surface area (Å²) in [5.41, 5.74) is 5.25. The molecule has 0 radical (unpaired) electrons. The Morgan fingerprint density at radius 2 is 1.96 bits per heavy atom. The molecule has 5 heteroatoms. The van der Waals surface area contributed by atoms with E-state index in [-0.39, 0.29) is 6.04 Å². The number of hydrogen-bond acceptors (Lipinski definition) is 5. The van der Waals surface area contributed by atoms with E-state index in [4.69, 9.17) is 9.26 Å². The van der Waals surface area contributed by atoms with Crippen molar-refractivity contribution in [1.82, 2.24) is 15.0 Å². The fourth-order valence-corrected chi connectivity index (χ4v) is 3.30. The van der Waals surface area contributed by atoms with Crippen molar-refractivity contribution in [3.8, 4) is 0 Å². The lowest BCUT2D eigenvalue weighted by Gasteiger charge is -2.32. The van der Waals surface area contributed by atoms with Gasteiger partial charge >= 0.3 is 0 Å². The van der Waals surface area contributed by atoms with E-state index in [9.17, 15) is 0 Å². The average molecular weight is 327 g/mol. The third kappa shape index (κ3) is 3.74. The summed E-state index contributed by atoms with van der Waals surface area (Å²) < 4.78 is 10.7. The van der Waals surface area contributed by atoms with E-state index in [2.05, 4.69) is 60.1 Å². The standard InChI is InChI=1S/C19H25N3O2/c1-13-10-14(2)17(15(3)11-13)6-5-7-22-8-9-23-12-18(22)19-20-16(4)24-21-19/h5-6,10-11,18H,7-9,12H2,1-4H3/b6-5+. The number of aromatic nitrogens is 2. The van der Waals surface area contributed by atoms with Crippen molar-refractivity contribution >= 4 is 6.08 Å². The molecule has 1 aliphatic rings. The highest BCUT2D eigenvalue weighted by Gasteiger charge is 2.27. The molecule has 1 aromatic heterocycles. The SMILES string of the molecule is Cc1cc(C)c(/C=C/CN2CCOCC2c2noc(C)n2)c(C)c1. The predicted octanol–water partition coefficient (Wildman–Crippen LogP) is 3.39. The van der Waals surface area contributed by atoms with Crippen LogP contribution in [0, 0.1) is 27.7 Å². The summed E-state index contributed by atoms with van der Waals surface area (Å²) in [5, 5.41) is 4.06. The first-order valence-electron chi connectivity index (χ1n) is 8.41. The molecule has 2 aromatic rings. The number of morpholine rings is 1. The van der Waals surface area contributed by atoms with E-state index in [1.807, 2.05) is 6.92 Å². The minimum atomic E-state index is 0.0565. The molecule has 1 aromatic carbocycles. The zero-order chi connectivity index (χ0) is 17.1. The second-order valence-electron chi connectivity index (χ2n) is 6.47. The monoisotopic (exact) mass is 327 g/mol. The Morgan fingerprint density at radius 1 is 1.21 bits per heavy atom. The zero-order valence-corrected chi connectivity index (χ0v) is 14.9. The van der Waals surface area contributed by atoms with E-state index in [0.29, 0.717) is 18.3 Å². The fraction of sp³-hybridized carbons (Fsp3) is 0.474. The molecule has 1 fully saturated rings. The molecule has 0 aliphatic carbocycles. The normalized spacial score (nSPS) is 19.2. The van der Waals surface area contributed by atoms with Crippen molar-refractivity contribution in [2.75, 3.05) is 26.3 Å². The lowest BCUT2D eigenvalue weighted by molar-refractivity contribution is -0.00645. The minimum absolute atomic E-state index is 0.0565. The van der Waals surface area contributed by atoms with Gasteiger partial charge in [0.2, 0.25) is 5.89 Å². The highest BCUT2D eigenvalue weighted by molar-refractivity contribution is 5.58. The van der Waals surface area contributed by atoms with Gasteiger partial charge in [-0.25, -0.2) is 0 Å². The van der Waals surface area contributed by atoms with Crippen molar-refractivity contribution in [1.29, 1.82) is 0 Å². The summed E-state index contributed by atoms with van der Waals surface area (Å²) in [6.07, 6.45) is 4.44. The smallest absolute Gasteiger partial charge is 0.223 e. The molecular weight excluding hydrogens is 302 g/mol. The maximum absolute atomic E-state index is 5.60. The number of hydrogen-bond donors (Lipinski definition) is 0. The molecule has 128 valence electrons. The highest BCUT2D eigenvalue weighted by atomic mass is 16.5. The third-order valence-corrected chi connectivity index (χ3v) is 4.44. The quantitative estimate of drug-likeness (QED) is 0.861. The lowest BCUT2D eigenvalue weighted by Crippen LogP contribution is -2.40. The van der Waals surface area contributed by atoms with Gasteiger partial charge in [0.05, 0.1) is 19.3 Å². The van der Waals surface area contributed by atoms with Gasteiger partial charge in [-0.05, 0) is 37.5 Å². The maximum atomic E-state index is 5.60. The van der Waals surface area contributed by atoms with Gasteiger partial charge in [-0.2, -0.15) is 4.98 Å². The Kier molecular flexibility index (Phi) is 5.11. The van der Waals surface area contributed by atoms with Gasteiger partial charge < -0.3 is 9.26 Å². The molecule has 0 amide bonds. The molecule has 0 N–H and O–H groups in total. The molecule has 5 nitrogen and oxygen atoms in total. The molecule has 3 rings (SSSR count). The molecule has 24 heavy (non-hydrogen) atoms. The number of nitrogens with zero attached hydrogens (tertiary/aromatic N) is 3. The molecule has 1 aliphatic heterocycles.